The van der Waals surface area contributed by atoms with Crippen LogP contribution in [0.4, 0.5) is 0 Å². The Bertz CT molecular complexity index is 152. The molecule has 3 heteroatoms. The number of nitrogens with zero attached hydrogens (tertiary/aromatic N) is 2. The van der Waals surface area contributed by atoms with Crippen LogP contribution in [0.3, 0.4) is 0 Å². The van der Waals surface area contributed by atoms with Crippen molar-refractivity contribution in [3.8, 4) is 0 Å². The summed E-state index contributed by atoms with van der Waals surface area (Å²) in [5.74, 6) is 0. The largest absolute Gasteiger partial charge is 0.329 e. The first kappa shape index (κ1) is 16.9. The molecule has 0 fully saturated rings. The monoisotopic (exact) mass is 243 g/mol. The van der Waals surface area contributed by atoms with Crippen LogP contribution in [0, 0.1) is 0 Å². The second-order valence-corrected chi connectivity index (χ2v) is 5.19. The molecule has 0 aromatic rings. The summed E-state index contributed by atoms with van der Waals surface area (Å²) in [5, 5.41) is 0. The van der Waals surface area contributed by atoms with Gasteiger partial charge in [-0.15, -0.1) is 0 Å². The van der Waals surface area contributed by atoms with Gasteiger partial charge in [-0.25, -0.2) is 0 Å². The molecule has 0 spiro atoms. The van der Waals surface area contributed by atoms with Crippen molar-refractivity contribution in [2.75, 3.05) is 40.3 Å². The van der Waals surface area contributed by atoms with Crippen molar-refractivity contribution >= 4 is 0 Å². The first-order valence-electron chi connectivity index (χ1n) is 7.24. The fourth-order valence-electron chi connectivity index (χ4n) is 2.02. The van der Waals surface area contributed by atoms with Crippen LogP contribution in [0.1, 0.15) is 46.0 Å². The van der Waals surface area contributed by atoms with Gasteiger partial charge in [0, 0.05) is 12.6 Å². The van der Waals surface area contributed by atoms with E-state index in [-0.39, 0.29) is 0 Å². The number of rotatable bonds is 11. The van der Waals surface area contributed by atoms with Gasteiger partial charge in [-0.1, -0.05) is 26.7 Å². The maximum atomic E-state index is 5.80. The first-order chi connectivity index (χ1) is 8.15. The lowest BCUT2D eigenvalue weighted by atomic mass is 10.1. The van der Waals surface area contributed by atoms with Crippen LogP contribution in [-0.2, 0) is 0 Å². The Morgan fingerprint density at radius 1 is 0.941 bits per heavy atom. The summed E-state index contributed by atoms with van der Waals surface area (Å²) >= 11 is 0. The van der Waals surface area contributed by atoms with Crippen LogP contribution >= 0.6 is 0 Å². The summed E-state index contributed by atoms with van der Waals surface area (Å²) in [7, 11) is 4.25. The van der Waals surface area contributed by atoms with Crippen LogP contribution in [0.5, 0.6) is 0 Å². The average Bonchev–Trinajstić information content (AvgIpc) is 2.31. The van der Waals surface area contributed by atoms with Gasteiger partial charge in [-0.2, -0.15) is 0 Å². The zero-order chi connectivity index (χ0) is 13.1. The molecule has 17 heavy (non-hydrogen) atoms. The van der Waals surface area contributed by atoms with E-state index in [9.17, 15) is 0 Å². The maximum Gasteiger partial charge on any atom is 0.0224 e. The second-order valence-electron chi connectivity index (χ2n) is 5.19. The lowest BCUT2D eigenvalue weighted by Crippen LogP contribution is -2.39. The van der Waals surface area contributed by atoms with E-state index in [1.165, 1.54) is 51.7 Å². The van der Waals surface area contributed by atoms with E-state index in [1.54, 1.807) is 0 Å². The highest BCUT2D eigenvalue weighted by atomic mass is 15.1. The Morgan fingerprint density at radius 3 is 1.82 bits per heavy atom. The van der Waals surface area contributed by atoms with E-state index in [0.29, 0.717) is 6.04 Å². The Kier molecular flexibility index (Phi) is 10.9. The molecule has 1 unspecified atom stereocenters. The van der Waals surface area contributed by atoms with Gasteiger partial charge in [0.2, 0.25) is 0 Å². The third-order valence-corrected chi connectivity index (χ3v) is 3.44. The number of likely N-dealkylation sites (N-methyl/N-ethyl adjacent to an activating group) is 1. The highest BCUT2D eigenvalue weighted by Crippen LogP contribution is 2.04. The summed E-state index contributed by atoms with van der Waals surface area (Å²) in [6.45, 7) is 8.99. The number of unbranched alkanes of at least 4 members (excludes halogenated alkanes) is 2. The van der Waals surface area contributed by atoms with Gasteiger partial charge in [0.05, 0.1) is 0 Å². The van der Waals surface area contributed by atoms with Gasteiger partial charge in [-0.05, 0) is 53.0 Å². The molecule has 0 aliphatic heterocycles. The molecule has 0 rings (SSSR count). The highest BCUT2D eigenvalue weighted by molar-refractivity contribution is 4.70. The Morgan fingerprint density at radius 2 is 1.47 bits per heavy atom. The summed E-state index contributed by atoms with van der Waals surface area (Å²) in [5.41, 5.74) is 5.80. The molecule has 0 saturated heterocycles. The predicted molar refractivity (Wildman–Crippen MR) is 77.4 cm³/mol. The molecule has 1 atom stereocenters. The van der Waals surface area contributed by atoms with E-state index in [4.69, 9.17) is 5.73 Å². The lowest BCUT2D eigenvalue weighted by Gasteiger charge is -2.27. The van der Waals surface area contributed by atoms with E-state index >= 15 is 0 Å². The van der Waals surface area contributed by atoms with Gasteiger partial charge in [0.1, 0.15) is 0 Å². The quantitative estimate of drug-likeness (QED) is 0.603. The van der Waals surface area contributed by atoms with Crippen LogP contribution < -0.4 is 5.73 Å². The number of hydrogen-bond acceptors (Lipinski definition) is 3. The molecule has 0 aromatic heterocycles. The van der Waals surface area contributed by atoms with Crippen molar-refractivity contribution in [2.45, 2.75) is 52.0 Å². The molecule has 0 aromatic carbocycles. The lowest BCUT2D eigenvalue weighted by molar-refractivity contribution is 0.213. The minimum absolute atomic E-state index is 0.528. The molecule has 2 N–H and O–H groups in total. The average molecular weight is 243 g/mol. The zero-order valence-corrected chi connectivity index (χ0v) is 12.4. The van der Waals surface area contributed by atoms with Crippen LogP contribution in [-0.4, -0.2) is 56.1 Å². The SMILES string of the molecule is CCCCN(CCCC)CCC(CN)N(C)C. The first-order valence-corrected chi connectivity index (χ1v) is 7.24. The van der Waals surface area contributed by atoms with E-state index in [0.717, 1.165) is 6.54 Å². The van der Waals surface area contributed by atoms with Crippen molar-refractivity contribution in [3.05, 3.63) is 0 Å². The fourth-order valence-corrected chi connectivity index (χ4v) is 2.02. The molecule has 0 aliphatic rings. The number of hydrogen-bond donors (Lipinski definition) is 1. The third-order valence-electron chi connectivity index (χ3n) is 3.44. The van der Waals surface area contributed by atoms with Crippen LogP contribution in [0.25, 0.3) is 0 Å². The van der Waals surface area contributed by atoms with Gasteiger partial charge in [0.15, 0.2) is 0 Å². The molecule has 3 nitrogen and oxygen atoms in total. The zero-order valence-electron chi connectivity index (χ0n) is 12.4. The van der Waals surface area contributed by atoms with Gasteiger partial charge < -0.3 is 15.5 Å². The summed E-state index contributed by atoms with van der Waals surface area (Å²) in [6, 6.07) is 0.528. The predicted octanol–water partition coefficient (Wildman–Crippen LogP) is 2.17. The van der Waals surface area contributed by atoms with E-state index in [2.05, 4.69) is 37.7 Å². The van der Waals surface area contributed by atoms with Gasteiger partial charge in [-0.3, -0.25) is 0 Å². The molecule has 0 saturated carbocycles. The Balaban J connectivity index is 3.94. The highest BCUT2D eigenvalue weighted by Gasteiger charge is 2.11. The summed E-state index contributed by atoms with van der Waals surface area (Å²) in [6.07, 6.45) is 6.40. The van der Waals surface area contributed by atoms with Crippen molar-refractivity contribution in [3.63, 3.8) is 0 Å². The van der Waals surface area contributed by atoms with Crippen LogP contribution in [0.15, 0.2) is 0 Å². The molecule has 0 amide bonds. The fraction of sp³-hybridized carbons (Fsp3) is 1.00. The van der Waals surface area contributed by atoms with Crippen molar-refractivity contribution < 1.29 is 0 Å². The Labute approximate surface area is 108 Å². The van der Waals surface area contributed by atoms with E-state index < -0.39 is 0 Å². The molecule has 104 valence electrons. The van der Waals surface area contributed by atoms with E-state index in [1.807, 2.05) is 0 Å². The molecule has 0 aliphatic carbocycles. The second kappa shape index (κ2) is 11.0. The summed E-state index contributed by atoms with van der Waals surface area (Å²) < 4.78 is 0. The minimum Gasteiger partial charge on any atom is -0.329 e. The molecule has 0 bridgehead atoms. The van der Waals surface area contributed by atoms with Gasteiger partial charge in [0.25, 0.3) is 0 Å². The normalized spacial score (nSPS) is 13.6. The standard InChI is InChI=1S/C14H33N3/c1-5-7-10-17(11-8-6-2)12-9-14(13-15)16(3)4/h14H,5-13,15H2,1-4H3. The molecule has 0 heterocycles. The molecule has 0 radical (unpaired) electrons. The Hall–Kier alpha value is -0.120. The van der Waals surface area contributed by atoms with Crippen molar-refractivity contribution in [1.29, 1.82) is 0 Å². The minimum atomic E-state index is 0.528. The summed E-state index contributed by atoms with van der Waals surface area (Å²) in [4.78, 5) is 4.86. The number of nitrogens with two attached hydrogens (primary N) is 1. The molecular weight excluding hydrogens is 210 g/mol. The smallest absolute Gasteiger partial charge is 0.0224 e. The van der Waals surface area contributed by atoms with Crippen LogP contribution in [0.2, 0.25) is 0 Å². The maximum absolute atomic E-state index is 5.80. The van der Waals surface area contributed by atoms with Gasteiger partial charge >= 0.3 is 0 Å². The third kappa shape index (κ3) is 8.58. The van der Waals surface area contributed by atoms with Crippen molar-refractivity contribution in [2.24, 2.45) is 5.73 Å². The molecular formula is C14H33N3. The topological polar surface area (TPSA) is 32.5 Å². The van der Waals surface area contributed by atoms with Crippen molar-refractivity contribution in [1.82, 2.24) is 9.80 Å².